The highest BCUT2D eigenvalue weighted by Gasteiger charge is 2.15. The van der Waals surface area contributed by atoms with Gasteiger partial charge in [0.2, 0.25) is 0 Å². The van der Waals surface area contributed by atoms with E-state index >= 15 is 0 Å². The quantitative estimate of drug-likeness (QED) is 0.277. The predicted molar refractivity (Wildman–Crippen MR) is 156 cm³/mol. The molecule has 0 fully saturated rings. The molecule has 39 heavy (non-hydrogen) atoms. The molecular formula is C32H33N5O2. The van der Waals surface area contributed by atoms with Crippen molar-refractivity contribution in [3.63, 3.8) is 0 Å². The van der Waals surface area contributed by atoms with Gasteiger partial charge in [0.25, 0.3) is 5.88 Å². The Kier molecular flexibility index (Phi) is 10.9. The van der Waals surface area contributed by atoms with Gasteiger partial charge in [0.15, 0.2) is 11.5 Å². The number of hydrogen-bond acceptors (Lipinski definition) is 6. The van der Waals surface area contributed by atoms with Gasteiger partial charge in [-0.1, -0.05) is 32.8 Å². The summed E-state index contributed by atoms with van der Waals surface area (Å²) in [5.74, 6) is 16.3. The van der Waals surface area contributed by atoms with Gasteiger partial charge in [-0.3, -0.25) is 0 Å². The summed E-state index contributed by atoms with van der Waals surface area (Å²) in [7, 11) is 1.60. The molecule has 0 saturated carbocycles. The van der Waals surface area contributed by atoms with Gasteiger partial charge in [-0.05, 0) is 73.8 Å². The molecule has 0 N–H and O–H groups in total. The number of nitrogens with zero attached hydrogens (tertiary/aromatic N) is 5. The summed E-state index contributed by atoms with van der Waals surface area (Å²) in [5, 5.41) is 13.9. The second-order valence-electron chi connectivity index (χ2n) is 8.82. The third-order valence-electron chi connectivity index (χ3n) is 5.98. The molecule has 0 bridgehead atoms. The first-order valence-corrected chi connectivity index (χ1v) is 13.0. The van der Waals surface area contributed by atoms with E-state index in [0.717, 1.165) is 24.2 Å². The van der Waals surface area contributed by atoms with Gasteiger partial charge in [0.1, 0.15) is 6.11 Å². The van der Waals surface area contributed by atoms with E-state index in [1.165, 1.54) is 31.4 Å². The van der Waals surface area contributed by atoms with E-state index in [0.29, 0.717) is 28.3 Å². The molecule has 7 nitrogen and oxygen atoms in total. The summed E-state index contributed by atoms with van der Waals surface area (Å²) >= 11 is 0. The zero-order valence-corrected chi connectivity index (χ0v) is 23.3. The maximum absolute atomic E-state index is 5.69. The second kappa shape index (κ2) is 14.8. The topological polar surface area (TPSA) is 64.8 Å². The van der Waals surface area contributed by atoms with Crippen molar-refractivity contribution in [1.29, 1.82) is 0 Å². The highest BCUT2D eigenvalue weighted by molar-refractivity contribution is 5.65. The Morgan fingerprint density at radius 3 is 2.44 bits per heavy atom. The highest BCUT2D eigenvalue weighted by atomic mass is 16.5. The van der Waals surface area contributed by atoms with Crippen molar-refractivity contribution in [2.45, 2.75) is 53.4 Å². The Hall–Kier alpha value is -4.85. The van der Waals surface area contributed by atoms with Crippen LogP contribution in [0.5, 0.6) is 5.88 Å². The number of methoxy groups -OCH3 is 1. The summed E-state index contributed by atoms with van der Waals surface area (Å²) in [5.41, 5.74) is 3.93. The van der Waals surface area contributed by atoms with Gasteiger partial charge < -0.3 is 14.4 Å². The van der Waals surface area contributed by atoms with Crippen LogP contribution in [0.4, 0.5) is 5.69 Å². The summed E-state index contributed by atoms with van der Waals surface area (Å²) in [6.45, 7) is 10.5. The number of ether oxygens (including phenoxy) is 2. The van der Waals surface area contributed by atoms with Crippen LogP contribution in [-0.2, 0) is 4.74 Å². The van der Waals surface area contributed by atoms with Crippen molar-refractivity contribution >= 4 is 23.5 Å². The van der Waals surface area contributed by atoms with E-state index in [-0.39, 0.29) is 0 Å². The minimum Gasteiger partial charge on any atom is -0.501 e. The minimum absolute atomic E-state index is 0.296. The average Bonchev–Trinajstić information content (AvgIpc) is 3.48. The van der Waals surface area contributed by atoms with Gasteiger partial charge >= 0.3 is 0 Å². The molecule has 7 heteroatoms. The van der Waals surface area contributed by atoms with Crippen molar-refractivity contribution in [3.8, 4) is 53.9 Å². The van der Waals surface area contributed by atoms with Crippen LogP contribution in [0.15, 0.2) is 24.0 Å². The van der Waals surface area contributed by atoms with Crippen LogP contribution in [0.25, 0.3) is 17.8 Å². The SMILES string of the molecule is C#CC#CC#CC#COc1nn2c(/C=C(/C)OC)nnc2/c1=C\c1ccc(N(CCCC)CCCC)cc1C. The normalized spacial score (nSPS) is 11.0. The largest absolute Gasteiger partial charge is 0.501 e. The lowest BCUT2D eigenvalue weighted by Crippen LogP contribution is -2.25. The fraction of sp³-hybridized carbons (Fsp3) is 0.344. The number of rotatable bonds is 11. The summed E-state index contributed by atoms with van der Waals surface area (Å²) in [6, 6.07) is 6.53. The molecule has 1 aromatic carbocycles. The molecule has 3 rings (SSSR count). The second-order valence-corrected chi connectivity index (χ2v) is 8.82. The molecule has 0 aliphatic rings. The molecule has 0 unspecified atom stereocenters. The maximum atomic E-state index is 5.69. The molecule has 0 atom stereocenters. The van der Waals surface area contributed by atoms with Crippen molar-refractivity contribution < 1.29 is 9.47 Å². The molecule has 0 amide bonds. The van der Waals surface area contributed by atoms with Crippen LogP contribution in [0.2, 0.25) is 0 Å². The van der Waals surface area contributed by atoms with Crippen LogP contribution in [-0.4, -0.2) is 40.0 Å². The minimum atomic E-state index is 0.296. The van der Waals surface area contributed by atoms with E-state index in [9.17, 15) is 0 Å². The summed E-state index contributed by atoms with van der Waals surface area (Å²) < 4.78 is 12.6. The third kappa shape index (κ3) is 7.82. The van der Waals surface area contributed by atoms with E-state index < -0.39 is 0 Å². The molecule has 0 radical (unpaired) electrons. The number of terminal acetylenes is 1. The molecule has 0 spiro atoms. The molecular weight excluding hydrogens is 486 g/mol. The molecule has 198 valence electrons. The molecule has 0 aliphatic carbocycles. The fourth-order valence-corrected chi connectivity index (χ4v) is 3.80. The lowest BCUT2D eigenvalue weighted by atomic mass is 10.1. The summed E-state index contributed by atoms with van der Waals surface area (Å²) in [4.78, 5) is 2.47. The van der Waals surface area contributed by atoms with Crippen LogP contribution < -0.4 is 14.9 Å². The van der Waals surface area contributed by atoms with Crippen LogP contribution in [0.3, 0.4) is 0 Å². The number of hydrogen-bond donors (Lipinski definition) is 0. The summed E-state index contributed by atoms with van der Waals surface area (Å²) in [6.07, 6.45) is 16.1. The zero-order valence-electron chi connectivity index (χ0n) is 23.3. The average molecular weight is 520 g/mol. The standard InChI is InChI=1S/C32H33N5O2/c1-7-10-13-14-15-16-21-39-32-29(31-34-33-30(37(31)35-32)23-26(5)38-6)24-27-17-18-28(22-25(27)4)36(19-11-8-2)20-12-9-3/h1,17-18,22-24H,8-9,11-12,19-20H2,2-6H3/b26-23-,29-24+. The first-order chi connectivity index (χ1) is 19.0. The lowest BCUT2D eigenvalue weighted by molar-refractivity contribution is 0.297. The Balaban J connectivity index is 2.06. The first-order valence-electron chi connectivity index (χ1n) is 13.0. The van der Waals surface area contributed by atoms with Crippen molar-refractivity contribution in [3.05, 3.63) is 46.1 Å². The number of aryl methyl sites for hydroxylation is 1. The van der Waals surface area contributed by atoms with E-state index in [4.69, 9.17) is 15.9 Å². The predicted octanol–water partition coefficient (Wildman–Crippen LogP) is 4.37. The first kappa shape index (κ1) is 28.7. The van der Waals surface area contributed by atoms with E-state index in [2.05, 4.69) is 101 Å². The van der Waals surface area contributed by atoms with Crippen LogP contribution in [0, 0.1) is 55.0 Å². The fourth-order valence-electron chi connectivity index (χ4n) is 3.80. The molecule has 2 heterocycles. The number of aromatic nitrogens is 4. The van der Waals surface area contributed by atoms with Crippen molar-refractivity contribution in [2.75, 3.05) is 25.1 Å². The highest BCUT2D eigenvalue weighted by Crippen LogP contribution is 2.22. The van der Waals surface area contributed by atoms with E-state index in [1.54, 1.807) is 17.7 Å². The van der Waals surface area contributed by atoms with Crippen LogP contribution in [0.1, 0.15) is 63.4 Å². The zero-order chi connectivity index (χ0) is 28.0. The Bertz CT molecular complexity index is 1600. The monoisotopic (exact) mass is 519 g/mol. The van der Waals surface area contributed by atoms with E-state index in [1.807, 2.05) is 13.0 Å². The van der Waals surface area contributed by atoms with Gasteiger partial charge in [-0.2, -0.15) is 4.52 Å². The number of unbranched alkanes of at least 4 members (excludes halogenated alkanes) is 2. The Labute approximate surface area is 231 Å². The number of allylic oxidation sites excluding steroid dienone is 1. The number of benzene rings is 1. The van der Waals surface area contributed by atoms with Crippen LogP contribution >= 0.6 is 0 Å². The Morgan fingerprint density at radius 2 is 1.77 bits per heavy atom. The van der Waals surface area contributed by atoms with Crippen molar-refractivity contribution in [1.82, 2.24) is 19.8 Å². The van der Waals surface area contributed by atoms with Gasteiger partial charge in [0, 0.05) is 42.6 Å². The lowest BCUT2D eigenvalue weighted by Gasteiger charge is -2.25. The van der Waals surface area contributed by atoms with Gasteiger partial charge in [0.05, 0.1) is 18.1 Å². The van der Waals surface area contributed by atoms with Gasteiger partial charge in [-0.15, -0.1) is 21.7 Å². The molecule has 0 aliphatic heterocycles. The number of fused-ring (bicyclic) bond motifs is 1. The third-order valence-corrected chi connectivity index (χ3v) is 5.98. The molecule has 0 saturated heterocycles. The maximum Gasteiger partial charge on any atom is 0.259 e. The Morgan fingerprint density at radius 1 is 1.05 bits per heavy atom. The number of anilines is 1. The van der Waals surface area contributed by atoms with Gasteiger partial charge in [-0.25, -0.2) is 0 Å². The smallest absolute Gasteiger partial charge is 0.259 e. The molecule has 3 aromatic rings. The molecule has 2 aromatic heterocycles. The van der Waals surface area contributed by atoms with Crippen molar-refractivity contribution in [2.24, 2.45) is 0 Å².